The lowest BCUT2D eigenvalue weighted by Crippen LogP contribution is -2.44. The Morgan fingerprint density at radius 3 is 2.97 bits per heavy atom. The largest absolute Gasteiger partial charge is 0.429 e. The Hall–Kier alpha value is -2.14. The third-order valence-corrected chi connectivity index (χ3v) is 8.38. The standard InChI is InChI=1S/C25H29ClN2O3/c1-14-13-27-24(31-14)28-22(30)8-4-16-12-21(29)25(2)10-9-19-18-7-5-17(26)11-15(18)3-6-20(19)23(16)25/h5,7,11,13,16,19-20,23H,3-4,6,8-10,12H2,1-2H3,(H,27,28,30)/t16-,19?,20?,23?,25-/m1/s1. The Morgan fingerprint density at radius 1 is 1.35 bits per heavy atom. The van der Waals surface area contributed by atoms with Crippen LogP contribution < -0.4 is 5.32 Å². The molecule has 5 rings (SSSR count). The van der Waals surface area contributed by atoms with Gasteiger partial charge in [0.1, 0.15) is 11.5 Å². The van der Waals surface area contributed by atoms with Gasteiger partial charge in [0.15, 0.2) is 0 Å². The highest BCUT2D eigenvalue weighted by molar-refractivity contribution is 6.30. The van der Waals surface area contributed by atoms with Crippen molar-refractivity contribution < 1.29 is 14.0 Å². The van der Waals surface area contributed by atoms with Gasteiger partial charge in [0, 0.05) is 23.3 Å². The van der Waals surface area contributed by atoms with Crippen LogP contribution >= 0.6 is 11.6 Å². The second-order valence-corrected chi connectivity index (χ2v) is 10.3. The normalized spacial score (nSPS) is 31.6. The van der Waals surface area contributed by atoms with Crippen LogP contribution in [0.25, 0.3) is 0 Å². The van der Waals surface area contributed by atoms with Gasteiger partial charge in [-0.2, -0.15) is 0 Å². The maximum Gasteiger partial charge on any atom is 0.301 e. The monoisotopic (exact) mass is 440 g/mol. The molecule has 164 valence electrons. The van der Waals surface area contributed by atoms with Crippen molar-refractivity contribution in [3.05, 3.63) is 46.3 Å². The third-order valence-electron chi connectivity index (χ3n) is 8.14. The van der Waals surface area contributed by atoms with Gasteiger partial charge in [0.2, 0.25) is 5.91 Å². The first-order chi connectivity index (χ1) is 14.8. The highest BCUT2D eigenvalue weighted by Crippen LogP contribution is 2.62. The van der Waals surface area contributed by atoms with E-state index in [0.29, 0.717) is 42.1 Å². The number of oxazole rings is 1. The van der Waals surface area contributed by atoms with Crippen LogP contribution in [0.4, 0.5) is 6.01 Å². The SMILES string of the molecule is Cc1cnc(NC(=O)CC[C@@H]2CC(=O)[C@@]3(C)CCC4c5ccc(Cl)cc5CCC4C23)o1. The number of hydrogen-bond donors (Lipinski definition) is 1. The van der Waals surface area contributed by atoms with Gasteiger partial charge >= 0.3 is 6.01 Å². The highest BCUT2D eigenvalue weighted by atomic mass is 35.5. The van der Waals surface area contributed by atoms with Crippen molar-refractivity contribution in [3.8, 4) is 0 Å². The zero-order valence-corrected chi connectivity index (χ0v) is 18.9. The van der Waals surface area contributed by atoms with Crippen molar-refractivity contribution in [2.75, 3.05) is 5.32 Å². The molecule has 2 fully saturated rings. The van der Waals surface area contributed by atoms with Crippen molar-refractivity contribution in [1.29, 1.82) is 0 Å². The Kier molecular flexibility index (Phi) is 5.20. The van der Waals surface area contributed by atoms with Gasteiger partial charge in [0.05, 0.1) is 6.20 Å². The molecule has 31 heavy (non-hydrogen) atoms. The summed E-state index contributed by atoms with van der Waals surface area (Å²) in [5, 5.41) is 3.54. The summed E-state index contributed by atoms with van der Waals surface area (Å²) in [5.41, 5.74) is 2.56. The zero-order valence-electron chi connectivity index (χ0n) is 18.1. The number of nitrogens with zero attached hydrogens (tertiary/aromatic N) is 1. The molecule has 3 unspecified atom stereocenters. The summed E-state index contributed by atoms with van der Waals surface area (Å²) in [7, 11) is 0. The van der Waals surface area contributed by atoms with Crippen LogP contribution in [0.1, 0.15) is 68.3 Å². The molecule has 0 aliphatic heterocycles. The molecule has 0 radical (unpaired) electrons. The number of fused-ring (bicyclic) bond motifs is 5. The van der Waals surface area contributed by atoms with Gasteiger partial charge in [-0.25, -0.2) is 4.98 Å². The van der Waals surface area contributed by atoms with Gasteiger partial charge in [-0.1, -0.05) is 24.6 Å². The number of hydrogen-bond acceptors (Lipinski definition) is 4. The number of Topliss-reactive ketones (excluding diaryl/α,β-unsaturated/α-hetero) is 1. The minimum Gasteiger partial charge on any atom is -0.429 e. The van der Waals surface area contributed by atoms with Gasteiger partial charge < -0.3 is 4.42 Å². The van der Waals surface area contributed by atoms with E-state index < -0.39 is 0 Å². The molecule has 2 aromatic rings. The van der Waals surface area contributed by atoms with E-state index >= 15 is 0 Å². The molecule has 1 heterocycles. The fourth-order valence-electron chi connectivity index (χ4n) is 6.79. The average molecular weight is 441 g/mol. The van der Waals surface area contributed by atoms with Crippen LogP contribution in [-0.2, 0) is 16.0 Å². The van der Waals surface area contributed by atoms with E-state index in [1.807, 2.05) is 6.07 Å². The van der Waals surface area contributed by atoms with Crippen LogP contribution in [-0.4, -0.2) is 16.7 Å². The number of aryl methyl sites for hydroxylation is 2. The Morgan fingerprint density at radius 2 is 2.19 bits per heavy atom. The van der Waals surface area contributed by atoms with Gasteiger partial charge in [-0.15, -0.1) is 0 Å². The summed E-state index contributed by atoms with van der Waals surface area (Å²) in [6.45, 7) is 3.98. The van der Waals surface area contributed by atoms with Crippen LogP contribution in [0.2, 0.25) is 5.02 Å². The average Bonchev–Trinajstić information content (AvgIpc) is 3.25. The summed E-state index contributed by atoms with van der Waals surface area (Å²) in [6, 6.07) is 6.57. The number of halogens is 1. The first kappa shape index (κ1) is 20.7. The number of carbonyl (C=O) groups is 2. The van der Waals surface area contributed by atoms with Crippen molar-refractivity contribution in [2.45, 2.75) is 64.7 Å². The summed E-state index contributed by atoms with van der Waals surface area (Å²) < 4.78 is 5.35. The van der Waals surface area contributed by atoms with Crippen molar-refractivity contribution in [1.82, 2.24) is 4.98 Å². The highest BCUT2D eigenvalue weighted by Gasteiger charge is 2.58. The van der Waals surface area contributed by atoms with Crippen LogP contribution in [0.15, 0.2) is 28.8 Å². The molecule has 6 heteroatoms. The van der Waals surface area contributed by atoms with Crippen LogP contribution in [0, 0.1) is 30.1 Å². The fourth-order valence-corrected chi connectivity index (χ4v) is 6.98. The molecular weight excluding hydrogens is 412 g/mol. The molecule has 3 aliphatic rings. The Labute approximate surface area is 188 Å². The van der Waals surface area contributed by atoms with Gasteiger partial charge in [-0.05, 0) is 86.0 Å². The predicted octanol–water partition coefficient (Wildman–Crippen LogP) is 5.71. The van der Waals surface area contributed by atoms with Gasteiger partial charge in [-0.3, -0.25) is 14.9 Å². The maximum atomic E-state index is 13.1. The minimum atomic E-state index is -0.244. The lowest BCUT2D eigenvalue weighted by molar-refractivity contribution is -0.129. The van der Waals surface area contributed by atoms with E-state index in [-0.39, 0.29) is 23.3 Å². The van der Waals surface area contributed by atoms with E-state index in [9.17, 15) is 9.59 Å². The number of anilines is 1. The summed E-state index contributed by atoms with van der Waals surface area (Å²) in [6.07, 6.45) is 7.44. The lowest BCUT2D eigenvalue weighted by atomic mass is 9.54. The second-order valence-electron chi connectivity index (χ2n) is 9.88. The number of ketones is 1. The van der Waals surface area contributed by atoms with E-state index in [4.69, 9.17) is 16.0 Å². The third kappa shape index (κ3) is 3.61. The molecule has 0 saturated heterocycles. The minimum absolute atomic E-state index is 0.0982. The molecule has 2 saturated carbocycles. The predicted molar refractivity (Wildman–Crippen MR) is 119 cm³/mol. The fraction of sp³-hybridized carbons (Fsp3) is 0.560. The topological polar surface area (TPSA) is 72.2 Å². The number of amides is 1. The molecule has 1 N–H and O–H groups in total. The van der Waals surface area contributed by atoms with E-state index in [1.165, 1.54) is 11.1 Å². The van der Waals surface area contributed by atoms with E-state index in [1.54, 1.807) is 13.1 Å². The summed E-state index contributed by atoms with van der Waals surface area (Å²) in [5.74, 6) is 2.57. The smallest absolute Gasteiger partial charge is 0.301 e. The number of aromatic nitrogens is 1. The van der Waals surface area contributed by atoms with E-state index in [0.717, 1.165) is 37.1 Å². The summed E-state index contributed by atoms with van der Waals surface area (Å²) >= 11 is 6.24. The molecule has 5 atom stereocenters. The van der Waals surface area contributed by atoms with Crippen LogP contribution in [0.3, 0.4) is 0 Å². The molecule has 1 aromatic carbocycles. The maximum absolute atomic E-state index is 13.1. The van der Waals surface area contributed by atoms with Crippen molar-refractivity contribution >= 4 is 29.3 Å². The molecule has 1 amide bonds. The molecular formula is C25H29ClN2O3. The molecule has 5 nitrogen and oxygen atoms in total. The molecule has 1 aromatic heterocycles. The number of rotatable bonds is 4. The number of benzene rings is 1. The van der Waals surface area contributed by atoms with Gasteiger partial charge in [0.25, 0.3) is 0 Å². The number of nitrogens with one attached hydrogen (secondary N) is 1. The second kappa shape index (κ2) is 7.77. The first-order valence-electron chi connectivity index (χ1n) is 11.4. The first-order valence-corrected chi connectivity index (χ1v) is 11.8. The van der Waals surface area contributed by atoms with E-state index in [2.05, 4.69) is 29.4 Å². The Bertz CT molecular complexity index is 1030. The lowest BCUT2D eigenvalue weighted by Gasteiger charge is -2.50. The Balaban J connectivity index is 1.33. The number of carbonyl (C=O) groups excluding carboxylic acids is 2. The van der Waals surface area contributed by atoms with Crippen LogP contribution in [0.5, 0.6) is 0 Å². The summed E-state index contributed by atoms with van der Waals surface area (Å²) in [4.78, 5) is 29.6. The quantitative estimate of drug-likeness (QED) is 0.661. The molecule has 0 bridgehead atoms. The van der Waals surface area contributed by atoms with Crippen molar-refractivity contribution in [3.63, 3.8) is 0 Å². The zero-order chi connectivity index (χ0) is 21.8. The van der Waals surface area contributed by atoms with Crippen molar-refractivity contribution in [2.24, 2.45) is 23.2 Å². The molecule has 3 aliphatic carbocycles. The molecule has 0 spiro atoms.